The van der Waals surface area contributed by atoms with E-state index >= 15 is 0 Å². The van der Waals surface area contributed by atoms with E-state index in [-0.39, 0.29) is 29.6 Å². The van der Waals surface area contributed by atoms with Crippen LogP contribution in [0.4, 0.5) is 4.39 Å². The molecule has 9 nitrogen and oxygen atoms in total. The molecule has 2 heterocycles. The van der Waals surface area contributed by atoms with Crippen molar-refractivity contribution in [2.45, 2.75) is 17.4 Å². The number of hydrogen-bond acceptors (Lipinski definition) is 7. The van der Waals surface area contributed by atoms with Gasteiger partial charge in [-0.3, -0.25) is 0 Å². The van der Waals surface area contributed by atoms with Gasteiger partial charge in [-0.1, -0.05) is 0 Å². The van der Waals surface area contributed by atoms with Crippen LogP contribution in [0.15, 0.2) is 35.5 Å². The first-order chi connectivity index (χ1) is 12.8. The van der Waals surface area contributed by atoms with Gasteiger partial charge >= 0.3 is 5.97 Å². The second-order valence-corrected chi connectivity index (χ2v) is 7.60. The third kappa shape index (κ3) is 3.71. The molecule has 1 aromatic carbocycles. The van der Waals surface area contributed by atoms with Crippen molar-refractivity contribution in [2.75, 3.05) is 13.1 Å². The topological polar surface area (TPSA) is 133 Å². The van der Waals surface area contributed by atoms with Crippen molar-refractivity contribution in [3.05, 3.63) is 47.7 Å². The van der Waals surface area contributed by atoms with E-state index in [0.29, 0.717) is 6.42 Å². The Balaban J connectivity index is 1.79. The summed E-state index contributed by atoms with van der Waals surface area (Å²) in [5.41, 5.74) is -0.732. The van der Waals surface area contributed by atoms with Crippen LogP contribution in [-0.2, 0) is 10.0 Å². The number of aromatic nitrogens is 2. The van der Waals surface area contributed by atoms with Crippen LogP contribution in [0.3, 0.4) is 0 Å². The Morgan fingerprint density at radius 3 is 2.81 bits per heavy atom. The summed E-state index contributed by atoms with van der Waals surface area (Å²) in [6.07, 6.45) is 2.48. The molecule has 0 unspecified atom stereocenters. The summed E-state index contributed by atoms with van der Waals surface area (Å²) in [5, 5.41) is 18.0. The number of carboxylic acids is 1. The Kier molecular flexibility index (Phi) is 5.02. The summed E-state index contributed by atoms with van der Waals surface area (Å²) in [7, 11) is -4.03. The zero-order chi connectivity index (χ0) is 19.6. The highest BCUT2D eigenvalue weighted by molar-refractivity contribution is 7.89. The molecule has 2 aromatic rings. The maximum atomic E-state index is 13.5. The molecule has 140 valence electrons. The molecule has 11 heteroatoms. The number of sulfonamides is 1. The van der Waals surface area contributed by atoms with E-state index in [4.69, 9.17) is 15.1 Å². The molecule has 1 atom stereocenters. The van der Waals surface area contributed by atoms with Gasteiger partial charge in [0.05, 0.1) is 17.0 Å². The number of rotatable bonds is 5. The minimum absolute atomic E-state index is 0.0107. The van der Waals surface area contributed by atoms with Gasteiger partial charge in [-0.2, -0.15) is 9.57 Å². The largest absolute Gasteiger partial charge is 0.478 e. The summed E-state index contributed by atoms with van der Waals surface area (Å²) >= 11 is 0. The average Bonchev–Trinajstić information content (AvgIpc) is 3.11. The third-order valence-electron chi connectivity index (χ3n) is 3.96. The number of carbonyl (C=O) groups is 1. The Labute approximate surface area is 153 Å². The zero-order valence-corrected chi connectivity index (χ0v) is 14.6. The lowest BCUT2D eigenvalue weighted by Gasteiger charge is -2.17. The molecule has 1 N–H and O–H groups in total. The summed E-state index contributed by atoms with van der Waals surface area (Å²) in [4.78, 5) is 18.4. The first-order valence-corrected chi connectivity index (χ1v) is 9.17. The Bertz CT molecular complexity index is 1040. The second-order valence-electron chi connectivity index (χ2n) is 5.66. The van der Waals surface area contributed by atoms with Crippen molar-refractivity contribution in [1.82, 2.24) is 14.3 Å². The molecule has 0 radical (unpaired) electrons. The van der Waals surface area contributed by atoms with Crippen LogP contribution in [0.2, 0.25) is 0 Å². The van der Waals surface area contributed by atoms with Crippen LogP contribution >= 0.6 is 0 Å². The van der Waals surface area contributed by atoms with E-state index in [1.165, 1.54) is 12.4 Å². The highest BCUT2D eigenvalue weighted by Crippen LogP contribution is 2.25. The number of nitrogens with zero attached hydrogens (tertiary/aromatic N) is 4. The fourth-order valence-electron chi connectivity index (χ4n) is 2.64. The van der Waals surface area contributed by atoms with Crippen molar-refractivity contribution in [3.8, 4) is 11.9 Å². The van der Waals surface area contributed by atoms with Gasteiger partial charge in [0, 0.05) is 18.9 Å². The number of ether oxygens (including phenoxy) is 1. The molecule has 1 aliphatic rings. The van der Waals surface area contributed by atoms with E-state index in [1.54, 1.807) is 0 Å². The van der Waals surface area contributed by atoms with Gasteiger partial charge in [-0.25, -0.2) is 27.6 Å². The van der Waals surface area contributed by atoms with Crippen molar-refractivity contribution >= 4 is 16.0 Å². The lowest BCUT2D eigenvalue weighted by molar-refractivity contribution is 0.0691. The van der Waals surface area contributed by atoms with E-state index in [2.05, 4.69) is 9.97 Å². The third-order valence-corrected chi connectivity index (χ3v) is 5.82. The van der Waals surface area contributed by atoms with Gasteiger partial charge in [-0.05, 0) is 24.6 Å². The van der Waals surface area contributed by atoms with Crippen LogP contribution in [0.1, 0.15) is 22.5 Å². The van der Waals surface area contributed by atoms with Crippen LogP contribution in [0, 0.1) is 17.1 Å². The smallest absolute Gasteiger partial charge is 0.338 e. The minimum Gasteiger partial charge on any atom is -0.478 e. The number of halogens is 1. The van der Waals surface area contributed by atoms with Crippen molar-refractivity contribution in [1.29, 1.82) is 5.26 Å². The molecule has 0 aliphatic carbocycles. The quantitative estimate of drug-likeness (QED) is 0.797. The van der Waals surface area contributed by atoms with Crippen molar-refractivity contribution in [2.24, 2.45) is 0 Å². The molecular weight excluding hydrogens is 379 g/mol. The fourth-order valence-corrected chi connectivity index (χ4v) is 4.15. The highest BCUT2D eigenvalue weighted by atomic mass is 32.2. The number of aromatic carboxylic acids is 1. The Morgan fingerprint density at radius 2 is 2.11 bits per heavy atom. The van der Waals surface area contributed by atoms with E-state index in [9.17, 15) is 17.6 Å². The molecule has 0 saturated carbocycles. The summed E-state index contributed by atoms with van der Waals surface area (Å²) < 4.78 is 45.6. The van der Waals surface area contributed by atoms with Crippen LogP contribution in [-0.4, -0.2) is 53.0 Å². The van der Waals surface area contributed by atoms with Gasteiger partial charge in [0.15, 0.2) is 0 Å². The number of hydrogen-bond donors (Lipinski definition) is 1. The van der Waals surface area contributed by atoms with Crippen LogP contribution < -0.4 is 4.74 Å². The lowest BCUT2D eigenvalue weighted by atomic mass is 10.2. The molecule has 3 rings (SSSR count). The first-order valence-electron chi connectivity index (χ1n) is 7.73. The number of benzene rings is 1. The molecule has 1 fully saturated rings. The van der Waals surface area contributed by atoms with Gasteiger partial charge in [0.1, 0.15) is 18.0 Å². The van der Waals surface area contributed by atoms with E-state index in [1.807, 2.05) is 6.07 Å². The molecule has 1 aromatic heterocycles. The molecule has 1 aliphatic heterocycles. The lowest BCUT2D eigenvalue weighted by Crippen LogP contribution is -2.31. The van der Waals surface area contributed by atoms with Crippen molar-refractivity contribution in [3.63, 3.8) is 0 Å². The maximum Gasteiger partial charge on any atom is 0.338 e. The van der Waals surface area contributed by atoms with Crippen molar-refractivity contribution < 1.29 is 27.4 Å². The minimum atomic E-state index is -4.03. The standard InChI is InChI=1S/C16H13FN4O5S/c17-13-2-1-11(7-12(13)16(22)23)27(24,25)21-6-3-10(9-21)26-15-14(8-18)19-4-5-20-15/h1-2,4-5,7,10H,3,6,9H2,(H,22,23)/t10-/m0/s1. The molecular formula is C16H13FN4O5S. The summed E-state index contributed by atoms with van der Waals surface area (Å²) in [5.74, 6) is -2.56. The fraction of sp³-hybridized carbons (Fsp3) is 0.250. The van der Waals surface area contributed by atoms with Crippen LogP contribution in [0.25, 0.3) is 0 Å². The summed E-state index contributed by atoms with van der Waals surface area (Å²) in [6, 6.07) is 4.45. The van der Waals surface area contributed by atoms with E-state index < -0.39 is 33.5 Å². The molecule has 0 amide bonds. The van der Waals surface area contributed by atoms with Gasteiger partial charge in [0.25, 0.3) is 5.88 Å². The predicted octanol–water partition coefficient (Wildman–Crippen LogP) is 1.03. The second kappa shape index (κ2) is 7.26. The average molecular weight is 392 g/mol. The SMILES string of the molecule is N#Cc1nccnc1O[C@H]1CCN(S(=O)(=O)c2ccc(F)c(C(=O)O)c2)C1. The Morgan fingerprint density at radius 1 is 1.37 bits per heavy atom. The molecule has 1 saturated heterocycles. The van der Waals surface area contributed by atoms with Crippen LogP contribution in [0.5, 0.6) is 5.88 Å². The first kappa shape index (κ1) is 18.7. The van der Waals surface area contributed by atoms with Gasteiger partial charge in [-0.15, -0.1) is 0 Å². The summed E-state index contributed by atoms with van der Waals surface area (Å²) in [6.45, 7) is 0.0957. The van der Waals surface area contributed by atoms with E-state index in [0.717, 1.165) is 22.5 Å². The molecule has 0 bridgehead atoms. The Hall–Kier alpha value is -3.10. The maximum absolute atomic E-state index is 13.5. The number of carboxylic acid groups (broad SMARTS) is 1. The predicted molar refractivity (Wildman–Crippen MR) is 87.9 cm³/mol. The van der Waals surface area contributed by atoms with Gasteiger partial charge in [0.2, 0.25) is 15.7 Å². The molecule has 27 heavy (non-hydrogen) atoms. The number of nitriles is 1. The highest BCUT2D eigenvalue weighted by Gasteiger charge is 2.35. The molecule has 0 spiro atoms. The van der Waals surface area contributed by atoms with Gasteiger partial charge < -0.3 is 9.84 Å². The zero-order valence-electron chi connectivity index (χ0n) is 13.7. The monoisotopic (exact) mass is 392 g/mol. The normalized spacial score (nSPS) is 17.4.